The first kappa shape index (κ1) is 8.72. The molecule has 2 heterocycles. The second-order valence-electron chi connectivity index (χ2n) is 3.18. The molecular weight excluding hydrogens is 186 g/mol. The Morgan fingerprint density at radius 2 is 2.54 bits per heavy atom. The molecule has 1 aliphatic heterocycles. The smallest absolute Gasteiger partial charge is 0.308 e. The molecule has 0 aromatic carbocycles. The quantitative estimate of drug-likeness (QED) is 0.755. The fourth-order valence-corrected chi connectivity index (χ4v) is 2.60. The van der Waals surface area contributed by atoms with Crippen LogP contribution in [0.2, 0.25) is 0 Å². The van der Waals surface area contributed by atoms with Gasteiger partial charge in [-0.15, -0.1) is 11.3 Å². The Labute approximate surface area is 80.4 Å². The molecule has 2 rings (SSSR count). The molecular formula is C9H11NO2S. The molecule has 1 aliphatic rings. The summed E-state index contributed by atoms with van der Waals surface area (Å²) in [5.41, 5.74) is 0. The van der Waals surface area contributed by atoms with Gasteiger partial charge in [-0.2, -0.15) is 0 Å². The second kappa shape index (κ2) is 3.47. The fraction of sp³-hybridized carbons (Fsp3) is 0.444. The van der Waals surface area contributed by atoms with Gasteiger partial charge in [-0.05, 0) is 24.4 Å². The SMILES string of the molecule is O=C(O)[C@H]1CCN[C@@H]1c1cccs1. The van der Waals surface area contributed by atoms with E-state index in [0.29, 0.717) is 0 Å². The molecule has 0 radical (unpaired) electrons. The predicted molar refractivity (Wildman–Crippen MR) is 50.8 cm³/mol. The highest BCUT2D eigenvalue weighted by molar-refractivity contribution is 7.10. The van der Waals surface area contributed by atoms with E-state index >= 15 is 0 Å². The summed E-state index contributed by atoms with van der Waals surface area (Å²) in [6.07, 6.45) is 0.734. The lowest BCUT2D eigenvalue weighted by molar-refractivity contribution is -0.142. The molecule has 0 unspecified atom stereocenters. The lowest BCUT2D eigenvalue weighted by atomic mass is 10.00. The average molecular weight is 197 g/mol. The number of carbonyl (C=O) groups is 1. The van der Waals surface area contributed by atoms with Gasteiger partial charge >= 0.3 is 5.97 Å². The van der Waals surface area contributed by atoms with Gasteiger partial charge in [0, 0.05) is 4.88 Å². The van der Waals surface area contributed by atoms with Crippen LogP contribution in [0.25, 0.3) is 0 Å². The van der Waals surface area contributed by atoms with E-state index in [1.807, 2.05) is 17.5 Å². The number of thiophene rings is 1. The summed E-state index contributed by atoms with van der Waals surface area (Å²) < 4.78 is 0. The van der Waals surface area contributed by atoms with Crippen molar-refractivity contribution in [2.45, 2.75) is 12.5 Å². The standard InChI is InChI=1S/C9H11NO2S/c11-9(12)6-3-4-10-8(6)7-2-1-5-13-7/h1-2,5-6,8,10H,3-4H2,(H,11,12)/t6-,8-/m0/s1. The molecule has 70 valence electrons. The van der Waals surface area contributed by atoms with Crippen LogP contribution in [-0.4, -0.2) is 17.6 Å². The summed E-state index contributed by atoms with van der Waals surface area (Å²) in [6.45, 7) is 0.805. The Morgan fingerprint density at radius 3 is 3.15 bits per heavy atom. The van der Waals surface area contributed by atoms with Crippen molar-refractivity contribution in [1.82, 2.24) is 5.32 Å². The maximum absolute atomic E-state index is 10.9. The Bertz CT molecular complexity index is 297. The van der Waals surface area contributed by atoms with Crippen LogP contribution in [-0.2, 0) is 4.79 Å². The molecule has 2 atom stereocenters. The van der Waals surface area contributed by atoms with Crippen molar-refractivity contribution in [3.63, 3.8) is 0 Å². The predicted octanol–water partition coefficient (Wildman–Crippen LogP) is 1.48. The molecule has 3 nitrogen and oxygen atoms in total. The van der Waals surface area contributed by atoms with Crippen molar-refractivity contribution in [1.29, 1.82) is 0 Å². The van der Waals surface area contributed by atoms with Gasteiger partial charge in [-0.1, -0.05) is 6.07 Å². The molecule has 0 spiro atoms. The number of carboxylic acids is 1. The fourth-order valence-electron chi connectivity index (χ4n) is 1.74. The van der Waals surface area contributed by atoms with Crippen LogP contribution >= 0.6 is 11.3 Å². The second-order valence-corrected chi connectivity index (χ2v) is 4.16. The average Bonchev–Trinajstić information content (AvgIpc) is 2.74. The minimum Gasteiger partial charge on any atom is -0.481 e. The molecule has 4 heteroatoms. The van der Waals surface area contributed by atoms with E-state index in [1.54, 1.807) is 11.3 Å². The first-order chi connectivity index (χ1) is 6.29. The highest BCUT2D eigenvalue weighted by atomic mass is 32.1. The van der Waals surface area contributed by atoms with E-state index in [4.69, 9.17) is 5.11 Å². The number of hydrogen-bond acceptors (Lipinski definition) is 3. The van der Waals surface area contributed by atoms with Gasteiger partial charge in [-0.3, -0.25) is 4.79 Å². The van der Waals surface area contributed by atoms with Gasteiger partial charge in [-0.25, -0.2) is 0 Å². The van der Waals surface area contributed by atoms with Gasteiger partial charge in [0.25, 0.3) is 0 Å². The molecule has 1 fully saturated rings. The minimum absolute atomic E-state index is 0.0255. The first-order valence-corrected chi connectivity index (χ1v) is 5.16. The van der Waals surface area contributed by atoms with Crippen molar-refractivity contribution in [2.24, 2.45) is 5.92 Å². The topological polar surface area (TPSA) is 49.3 Å². The Kier molecular flexibility index (Phi) is 2.33. The first-order valence-electron chi connectivity index (χ1n) is 4.28. The Balaban J connectivity index is 2.19. The zero-order valence-corrected chi connectivity index (χ0v) is 7.88. The number of carboxylic acid groups (broad SMARTS) is 1. The summed E-state index contributed by atoms with van der Waals surface area (Å²) in [4.78, 5) is 12.0. The van der Waals surface area contributed by atoms with Crippen molar-refractivity contribution in [3.8, 4) is 0 Å². The van der Waals surface area contributed by atoms with Crippen LogP contribution in [0, 0.1) is 5.92 Å². The lowest BCUT2D eigenvalue weighted by Crippen LogP contribution is -2.22. The van der Waals surface area contributed by atoms with Gasteiger partial charge < -0.3 is 10.4 Å². The minimum atomic E-state index is -0.691. The Hall–Kier alpha value is -0.870. The lowest BCUT2D eigenvalue weighted by Gasteiger charge is -2.13. The van der Waals surface area contributed by atoms with Crippen molar-refractivity contribution >= 4 is 17.3 Å². The molecule has 2 N–H and O–H groups in total. The molecule has 0 amide bonds. The Morgan fingerprint density at radius 1 is 1.69 bits per heavy atom. The van der Waals surface area contributed by atoms with Crippen LogP contribution in [0.4, 0.5) is 0 Å². The van der Waals surface area contributed by atoms with Crippen LogP contribution < -0.4 is 5.32 Å². The van der Waals surface area contributed by atoms with Crippen LogP contribution in [0.1, 0.15) is 17.3 Å². The third-order valence-electron chi connectivity index (χ3n) is 2.39. The van der Waals surface area contributed by atoms with E-state index in [0.717, 1.165) is 17.8 Å². The molecule has 13 heavy (non-hydrogen) atoms. The van der Waals surface area contributed by atoms with Gasteiger partial charge in [0.2, 0.25) is 0 Å². The van der Waals surface area contributed by atoms with Crippen LogP contribution in [0.15, 0.2) is 17.5 Å². The van der Waals surface area contributed by atoms with E-state index in [2.05, 4.69) is 5.32 Å². The molecule has 1 aromatic heterocycles. The summed E-state index contributed by atoms with van der Waals surface area (Å²) in [7, 11) is 0. The van der Waals surface area contributed by atoms with E-state index < -0.39 is 5.97 Å². The van der Waals surface area contributed by atoms with E-state index in [1.165, 1.54) is 0 Å². The van der Waals surface area contributed by atoms with Crippen LogP contribution in [0.5, 0.6) is 0 Å². The van der Waals surface area contributed by atoms with Crippen molar-refractivity contribution < 1.29 is 9.90 Å². The monoisotopic (exact) mass is 197 g/mol. The highest BCUT2D eigenvalue weighted by Crippen LogP contribution is 2.32. The summed E-state index contributed by atoms with van der Waals surface area (Å²) in [5.74, 6) is -0.943. The number of aliphatic carboxylic acids is 1. The summed E-state index contributed by atoms with van der Waals surface area (Å²) in [5, 5.41) is 14.1. The van der Waals surface area contributed by atoms with Gasteiger partial charge in [0.1, 0.15) is 0 Å². The molecule has 1 aromatic rings. The van der Waals surface area contributed by atoms with Gasteiger partial charge in [0.15, 0.2) is 0 Å². The third-order valence-corrected chi connectivity index (χ3v) is 3.34. The van der Waals surface area contributed by atoms with E-state index in [9.17, 15) is 4.79 Å². The molecule has 1 saturated heterocycles. The van der Waals surface area contributed by atoms with Crippen molar-refractivity contribution in [3.05, 3.63) is 22.4 Å². The number of hydrogen-bond donors (Lipinski definition) is 2. The zero-order valence-electron chi connectivity index (χ0n) is 7.06. The van der Waals surface area contributed by atoms with Crippen molar-refractivity contribution in [2.75, 3.05) is 6.54 Å². The molecule has 0 aliphatic carbocycles. The van der Waals surface area contributed by atoms with E-state index in [-0.39, 0.29) is 12.0 Å². The molecule has 0 saturated carbocycles. The zero-order chi connectivity index (χ0) is 9.26. The maximum Gasteiger partial charge on any atom is 0.308 e. The summed E-state index contributed by atoms with van der Waals surface area (Å²) >= 11 is 1.62. The number of nitrogens with one attached hydrogen (secondary N) is 1. The highest BCUT2D eigenvalue weighted by Gasteiger charge is 2.33. The largest absolute Gasteiger partial charge is 0.481 e. The third kappa shape index (κ3) is 1.59. The normalized spacial score (nSPS) is 27.7. The van der Waals surface area contributed by atoms with Crippen LogP contribution in [0.3, 0.4) is 0 Å². The number of rotatable bonds is 2. The summed E-state index contributed by atoms with van der Waals surface area (Å²) in [6, 6.07) is 3.97. The molecule has 0 bridgehead atoms. The maximum atomic E-state index is 10.9. The van der Waals surface area contributed by atoms with Gasteiger partial charge in [0.05, 0.1) is 12.0 Å².